The van der Waals surface area contributed by atoms with Crippen molar-refractivity contribution in [3.8, 4) is 11.4 Å². The summed E-state index contributed by atoms with van der Waals surface area (Å²) in [7, 11) is -2.20. The molecule has 1 fully saturated rings. The summed E-state index contributed by atoms with van der Waals surface area (Å²) in [6.45, 7) is 0.494. The minimum Gasteiger partial charge on any atom is -0.495 e. The van der Waals surface area contributed by atoms with Crippen LogP contribution in [0.5, 0.6) is 5.75 Å². The second-order valence-electron chi connectivity index (χ2n) is 7.14. The van der Waals surface area contributed by atoms with Gasteiger partial charge in [-0.25, -0.2) is 13.1 Å². The van der Waals surface area contributed by atoms with Crippen LogP contribution in [0.2, 0.25) is 0 Å². The largest absolute Gasteiger partial charge is 0.495 e. The van der Waals surface area contributed by atoms with Gasteiger partial charge in [0.05, 0.1) is 29.3 Å². The number of benzene rings is 2. The lowest BCUT2D eigenvalue weighted by atomic mass is 9.98. The summed E-state index contributed by atoms with van der Waals surface area (Å²) in [4.78, 5) is 13.0. The van der Waals surface area contributed by atoms with Crippen LogP contribution in [0.1, 0.15) is 12.8 Å². The fourth-order valence-corrected chi connectivity index (χ4v) is 5.08. The van der Waals surface area contributed by atoms with Gasteiger partial charge in [0, 0.05) is 13.1 Å². The predicted octanol–water partition coefficient (Wildman–Crippen LogP) is 1.71. The average molecular weight is 443 g/mol. The number of para-hydroxylation sites is 2. The van der Waals surface area contributed by atoms with Crippen molar-refractivity contribution < 1.29 is 17.9 Å². The van der Waals surface area contributed by atoms with Crippen LogP contribution in [0.25, 0.3) is 5.69 Å². The summed E-state index contributed by atoms with van der Waals surface area (Å²) in [6.07, 6.45) is 2.65. The van der Waals surface area contributed by atoms with Gasteiger partial charge in [-0.15, -0.1) is 5.10 Å². The van der Waals surface area contributed by atoms with Crippen LogP contribution < -0.4 is 10.1 Å². The van der Waals surface area contributed by atoms with E-state index in [0.29, 0.717) is 36.5 Å². The van der Waals surface area contributed by atoms with Crippen molar-refractivity contribution >= 4 is 21.6 Å². The Morgan fingerprint density at radius 3 is 2.65 bits per heavy atom. The Kier molecular flexibility index (Phi) is 5.96. The topological polar surface area (TPSA) is 119 Å². The first kappa shape index (κ1) is 20.9. The quantitative estimate of drug-likeness (QED) is 0.617. The fourth-order valence-electron chi connectivity index (χ4n) is 3.56. The number of rotatable bonds is 6. The molecule has 0 aliphatic carbocycles. The summed E-state index contributed by atoms with van der Waals surface area (Å²) in [5, 5.41) is 13.8. The third-order valence-corrected chi connectivity index (χ3v) is 7.09. The Hall–Kier alpha value is -3.31. The molecule has 4 rings (SSSR count). The van der Waals surface area contributed by atoms with E-state index in [-0.39, 0.29) is 17.3 Å². The highest BCUT2D eigenvalue weighted by Crippen LogP contribution is 2.28. The van der Waals surface area contributed by atoms with Gasteiger partial charge in [0.1, 0.15) is 12.1 Å². The zero-order chi connectivity index (χ0) is 21.8. The highest BCUT2D eigenvalue weighted by atomic mass is 32.2. The molecule has 1 aliphatic heterocycles. The molecule has 0 saturated carbocycles. The van der Waals surface area contributed by atoms with Crippen molar-refractivity contribution in [3.05, 3.63) is 54.9 Å². The molecule has 0 unspecified atom stereocenters. The number of carbonyl (C=O) groups is 1. The highest BCUT2D eigenvalue weighted by Gasteiger charge is 2.33. The van der Waals surface area contributed by atoms with E-state index in [1.54, 1.807) is 30.3 Å². The van der Waals surface area contributed by atoms with Crippen LogP contribution in [0.4, 0.5) is 5.69 Å². The van der Waals surface area contributed by atoms with Gasteiger partial charge in [-0.2, -0.15) is 4.31 Å². The van der Waals surface area contributed by atoms with Crippen LogP contribution in [0.3, 0.4) is 0 Å². The van der Waals surface area contributed by atoms with Gasteiger partial charge >= 0.3 is 0 Å². The number of sulfonamides is 1. The highest BCUT2D eigenvalue weighted by molar-refractivity contribution is 7.89. The van der Waals surface area contributed by atoms with Crippen LogP contribution in [0.15, 0.2) is 59.8 Å². The summed E-state index contributed by atoms with van der Waals surface area (Å²) in [5.74, 6) is -0.119. The first-order valence-electron chi connectivity index (χ1n) is 9.76. The minimum absolute atomic E-state index is 0.123. The van der Waals surface area contributed by atoms with E-state index in [2.05, 4.69) is 20.8 Å². The lowest BCUT2D eigenvalue weighted by Gasteiger charge is -2.31. The minimum atomic E-state index is -3.73. The third kappa shape index (κ3) is 4.42. The van der Waals surface area contributed by atoms with E-state index in [4.69, 9.17) is 4.74 Å². The van der Waals surface area contributed by atoms with Crippen LogP contribution in [0, 0.1) is 5.92 Å². The number of anilines is 1. The molecular formula is C20H22N6O4S. The Morgan fingerprint density at radius 2 is 1.94 bits per heavy atom. The zero-order valence-corrected chi connectivity index (χ0v) is 17.7. The van der Waals surface area contributed by atoms with Gasteiger partial charge < -0.3 is 10.1 Å². The zero-order valence-electron chi connectivity index (χ0n) is 16.9. The lowest BCUT2D eigenvalue weighted by molar-refractivity contribution is -0.120. The number of hydrogen-bond acceptors (Lipinski definition) is 7. The number of nitrogens with zero attached hydrogens (tertiary/aromatic N) is 5. The molecule has 11 heteroatoms. The first-order valence-corrected chi connectivity index (χ1v) is 11.2. The van der Waals surface area contributed by atoms with Crippen molar-refractivity contribution in [2.75, 3.05) is 25.5 Å². The van der Waals surface area contributed by atoms with Gasteiger partial charge in [-0.05, 0) is 59.7 Å². The summed E-state index contributed by atoms with van der Waals surface area (Å²) in [6, 6.07) is 13.4. The van der Waals surface area contributed by atoms with Crippen molar-refractivity contribution in [2.24, 2.45) is 5.92 Å². The number of ether oxygens (including phenoxy) is 1. The molecule has 3 aromatic rings. The van der Waals surface area contributed by atoms with Crippen LogP contribution in [-0.2, 0) is 14.8 Å². The van der Waals surface area contributed by atoms with Gasteiger partial charge in [0.2, 0.25) is 15.9 Å². The molecule has 0 spiro atoms. The first-order chi connectivity index (χ1) is 15.0. The number of hydrogen-bond donors (Lipinski definition) is 1. The number of carbonyl (C=O) groups excluding carboxylic acids is 1. The molecule has 1 aliphatic rings. The lowest BCUT2D eigenvalue weighted by Crippen LogP contribution is -2.43. The fraction of sp³-hybridized carbons (Fsp3) is 0.300. The summed E-state index contributed by atoms with van der Waals surface area (Å²) in [5.41, 5.74) is 1.21. The van der Waals surface area contributed by atoms with Crippen LogP contribution in [-0.4, -0.2) is 59.0 Å². The third-order valence-electron chi connectivity index (χ3n) is 5.21. The monoisotopic (exact) mass is 442 g/mol. The van der Waals surface area contributed by atoms with E-state index < -0.39 is 15.9 Å². The molecule has 1 atom stereocenters. The molecule has 2 aromatic carbocycles. The number of piperidine rings is 1. The second-order valence-corrected chi connectivity index (χ2v) is 9.08. The molecule has 2 heterocycles. The number of tetrazole rings is 1. The second kappa shape index (κ2) is 8.82. The van der Waals surface area contributed by atoms with Crippen molar-refractivity contribution in [1.29, 1.82) is 0 Å². The van der Waals surface area contributed by atoms with E-state index in [9.17, 15) is 13.2 Å². The predicted molar refractivity (Wildman–Crippen MR) is 112 cm³/mol. The number of nitrogens with one attached hydrogen (secondary N) is 1. The maximum atomic E-state index is 13.1. The maximum absolute atomic E-state index is 13.1. The maximum Gasteiger partial charge on any atom is 0.243 e. The van der Waals surface area contributed by atoms with E-state index >= 15 is 0 Å². The van der Waals surface area contributed by atoms with Crippen molar-refractivity contribution in [2.45, 2.75) is 17.7 Å². The van der Waals surface area contributed by atoms with E-state index in [0.717, 1.165) is 0 Å². The molecule has 1 aromatic heterocycles. The van der Waals surface area contributed by atoms with Crippen molar-refractivity contribution in [1.82, 2.24) is 24.5 Å². The standard InChI is InChI=1S/C20H22N6O4S/c1-30-19-7-3-2-6-18(19)22-20(27)15-5-4-12-25(13-15)31(28,29)17-10-8-16(9-11-17)26-14-21-23-24-26/h2-3,6-11,14-15H,4-5,12-13H2,1H3,(H,22,27)/t15-/m0/s1. The van der Waals surface area contributed by atoms with Gasteiger partial charge in [0.25, 0.3) is 0 Å². The SMILES string of the molecule is COc1ccccc1NC(=O)[C@H]1CCCN(S(=O)(=O)c2ccc(-n3cnnn3)cc2)C1. The molecule has 0 radical (unpaired) electrons. The molecule has 10 nitrogen and oxygen atoms in total. The number of amides is 1. The van der Waals surface area contributed by atoms with Gasteiger partial charge in [-0.1, -0.05) is 12.1 Å². The average Bonchev–Trinajstić information content (AvgIpc) is 3.34. The number of methoxy groups -OCH3 is 1. The van der Waals surface area contributed by atoms with Crippen molar-refractivity contribution in [3.63, 3.8) is 0 Å². The van der Waals surface area contributed by atoms with E-state index in [1.165, 1.54) is 34.6 Å². The summed E-state index contributed by atoms with van der Waals surface area (Å²) < 4.78 is 34.4. The molecule has 31 heavy (non-hydrogen) atoms. The molecule has 1 saturated heterocycles. The van der Waals surface area contributed by atoms with Gasteiger partial charge in [0.15, 0.2) is 0 Å². The normalized spacial score (nSPS) is 17.3. The molecule has 0 bridgehead atoms. The molecule has 162 valence electrons. The Labute approximate surface area is 179 Å². The molecule has 1 N–H and O–H groups in total. The van der Waals surface area contributed by atoms with Gasteiger partial charge in [-0.3, -0.25) is 4.79 Å². The number of aromatic nitrogens is 4. The Balaban J connectivity index is 1.47. The smallest absolute Gasteiger partial charge is 0.243 e. The molecule has 1 amide bonds. The molecular weight excluding hydrogens is 420 g/mol. The Bertz CT molecular complexity index is 1150. The van der Waals surface area contributed by atoms with Crippen LogP contribution >= 0.6 is 0 Å². The Morgan fingerprint density at radius 1 is 1.16 bits per heavy atom. The van der Waals surface area contributed by atoms with E-state index in [1.807, 2.05) is 6.07 Å². The summed E-state index contributed by atoms with van der Waals surface area (Å²) >= 11 is 0.